The van der Waals surface area contributed by atoms with Crippen LogP contribution in [0.25, 0.3) is 11.2 Å². The van der Waals surface area contributed by atoms with E-state index in [0.717, 1.165) is 0 Å². The van der Waals surface area contributed by atoms with Gasteiger partial charge in [-0.3, -0.25) is 9.78 Å². The summed E-state index contributed by atoms with van der Waals surface area (Å²) in [6.45, 7) is -0.534. The number of nitrogen functional groups attached to an aromatic ring is 1. The molecule has 2 aromatic heterocycles. The molecule has 2 heterocycles. The van der Waals surface area contributed by atoms with Crippen LogP contribution in [0.15, 0.2) is 11.1 Å². The van der Waals surface area contributed by atoms with Crippen molar-refractivity contribution in [3.05, 3.63) is 16.7 Å². The average Bonchev–Trinajstić information content (AvgIpc) is 2.92. The van der Waals surface area contributed by atoms with Crippen LogP contribution in [-0.4, -0.2) is 53.2 Å². The molecule has 6 N–H and O–H groups in total. The van der Waals surface area contributed by atoms with Crippen molar-refractivity contribution in [2.24, 2.45) is 0 Å². The molecule has 0 amide bonds. The van der Waals surface area contributed by atoms with E-state index in [-0.39, 0.29) is 42.8 Å². The van der Waals surface area contributed by atoms with E-state index in [1.807, 2.05) is 0 Å². The largest absolute Gasteiger partial charge is 0.393 e. The summed E-state index contributed by atoms with van der Waals surface area (Å²) in [5.41, 5.74) is 3.96. The van der Waals surface area contributed by atoms with Crippen LogP contribution in [0.4, 0.5) is 5.95 Å². The summed E-state index contributed by atoms with van der Waals surface area (Å²) in [5.74, 6) is -0.0276. The van der Waals surface area contributed by atoms with Crippen LogP contribution < -0.4 is 11.3 Å². The van der Waals surface area contributed by atoms with Crippen LogP contribution in [0.1, 0.15) is 18.9 Å². The van der Waals surface area contributed by atoms with Gasteiger partial charge in [-0.1, -0.05) is 0 Å². The minimum absolute atomic E-state index is 0. The van der Waals surface area contributed by atoms with Gasteiger partial charge in [-0.05, 0) is 6.42 Å². The highest BCUT2D eigenvalue weighted by Crippen LogP contribution is 2.38. The molecule has 2 aromatic rings. The molecule has 1 saturated carbocycles. The smallest absolute Gasteiger partial charge is 0.280 e. The molecule has 1 fully saturated rings. The topological polar surface area (TPSA) is 150 Å². The van der Waals surface area contributed by atoms with Crippen LogP contribution in [0.2, 0.25) is 0 Å². The second-order valence-electron chi connectivity index (χ2n) is 5.15. The van der Waals surface area contributed by atoms with Gasteiger partial charge in [0, 0.05) is 12.5 Å². The second-order valence-corrected chi connectivity index (χ2v) is 5.15. The number of hydrogen-bond acceptors (Lipinski definition) is 7. The molecule has 0 radical (unpaired) electrons. The van der Waals surface area contributed by atoms with Crippen molar-refractivity contribution < 1.29 is 15.3 Å². The SMILES string of the molecule is Cl.Nc1nc2c(ncn2C2CC(O)C(O)(CO)C2)c(=O)[nH]1. The Hall–Kier alpha value is -1.68. The molecular formula is C11H16ClN5O4. The molecule has 116 valence electrons. The summed E-state index contributed by atoms with van der Waals surface area (Å²) in [6.07, 6.45) is 0.753. The number of nitrogens with zero attached hydrogens (tertiary/aromatic N) is 3. The third kappa shape index (κ3) is 2.38. The number of fused-ring (bicyclic) bond motifs is 1. The third-order valence-electron chi connectivity index (χ3n) is 3.82. The van der Waals surface area contributed by atoms with Crippen molar-refractivity contribution in [1.29, 1.82) is 0 Å². The lowest BCUT2D eigenvalue weighted by Gasteiger charge is -2.23. The van der Waals surface area contributed by atoms with Crippen molar-refractivity contribution in [1.82, 2.24) is 19.5 Å². The lowest BCUT2D eigenvalue weighted by molar-refractivity contribution is -0.0855. The minimum Gasteiger partial charge on any atom is -0.393 e. The fraction of sp³-hybridized carbons (Fsp3) is 0.545. The predicted octanol–water partition coefficient (Wildman–Crippen LogP) is -1.46. The number of aliphatic hydroxyl groups is 3. The Morgan fingerprint density at radius 2 is 2.29 bits per heavy atom. The lowest BCUT2D eigenvalue weighted by atomic mass is 10.0. The fourth-order valence-electron chi connectivity index (χ4n) is 2.70. The first-order valence-corrected chi connectivity index (χ1v) is 6.18. The predicted molar refractivity (Wildman–Crippen MR) is 76.1 cm³/mol. The number of H-pyrrole nitrogens is 1. The summed E-state index contributed by atoms with van der Waals surface area (Å²) >= 11 is 0. The normalized spacial score (nSPS) is 28.7. The van der Waals surface area contributed by atoms with Crippen molar-refractivity contribution in [2.75, 3.05) is 12.3 Å². The molecule has 0 bridgehead atoms. The third-order valence-corrected chi connectivity index (χ3v) is 3.82. The first kappa shape index (κ1) is 15.7. The van der Waals surface area contributed by atoms with Crippen LogP contribution in [-0.2, 0) is 0 Å². The molecule has 10 heteroatoms. The van der Waals surface area contributed by atoms with Gasteiger partial charge in [0.2, 0.25) is 5.95 Å². The molecule has 0 saturated heterocycles. The van der Waals surface area contributed by atoms with E-state index in [2.05, 4.69) is 15.0 Å². The van der Waals surface area contributed by atoms with Gasteiger partial charge in [-0.2, -0.15) is 4.98 Å². The number of hydrogen-bond donors (Lipinski definition) is 5. The Morgan fingerprint density at radius 1 is 1.57 bits per heavy atom. The molecule has 3 atom stereocenters. The molecule has 21 heavy (non-hydrogen) atoms. The maximum Gasteiger partial charge on any atom is 0.280 e. The minimum atomic E-state index is -1.55. The van der Waals surface area contributed by atoms with Crippen LogP contribution in [0.3, 0.4) is 0 Å². The Balaban J connectivity index is 0.00000161. The summed E-state index contributed by atoms with van der Waals surface area (Å²) in [6, 6.07) is -0.319. The van der Waals surface area contributed by atoms with Crippen LogP contribution in [0.5, 0.6) is 0 Å². The first-order chi connectivity index (χ1) is 9.44. The number of aromatic amines is 1. The molecule has 0 aromatic carbocycles. The van der Waals surface area contributed by atoms with E-state index in [4.69, 9.17) is 5.73 Å². The Labute approximate surface area is 124 Å². The maximum absolute atomic E-state index is 11.7. The summed E-state index contributed by atoms with van der Waals surface area (Å²) in [7, 11) is 0. The van der Waals surface area contributed by atoms with E-state index in [1.165, 1.54) is 6.33 Å². The van der Waals surface area contributed by atoms with Gasteiger partial charge in [0.05, 0.1) is 19.0 Å². The summed E-state index contributed by atoms with van der Waals surface area (Å²) in [5, 5.41) is 29.1. The highest BCUT2D eigenvalue weighted by molar-refractivity contribution is 5.85. The zero-order chi connectivity index (χ0) is 14.5. The zero-order valence-corrected chi connectivity index (χ0v) is 11.7. The number of nitrogens with two attached hydrogens (primary N) is 1. The fourth-order valence-corrected chi connectivity index (χ4v) is 2.70. The number of anilines is 1. The van der Waals surface area contributed by atoms with E-state index in [9.17, 15) is 20.1 Å². The Kier molecular flexibility index (Phi) is 3.93. The Bertz CT molecular complexity index is 716. The van der Waals surface area contributed by atoms with E-state index in [0.29, 0.717) is 5.65 Å². The lowest BCUT2D eigenvalue weighted by Crippen LogP contribution is -2.40. The average molecular weight is 318 g/mol. The Morgan fingerprint density at radius 3 is 2.90 bits per heavy atom. The van der Waals surface area contributed by atoms with Gasteiger partial charge < -0.3 is 25.6 Å². The number of imidazole rings is 1. The molecule has 1 aliphatic rings. The van der Waals surface area contributed by atoms with Crippen LogP contribution >= 0.6 is 12.4 Å². The molecule has 3 rings (SSSR count). The molecule has 9 nitrogen and oxygen atoms in total. The standard InChI is InChI=1S/C11H15N5O4.ClH/c12-10-14-8-7(9(19)15-10)13-4-16(8)5-1-6(18)11(20,2-5)3-17;/h4-6,17-18,20H,1-3H2,(H3,12,14,15,19);1H. The van der Waals surface area contributed by atoms with E-state index >= 15 is 0 Å². The van der Waals surface area contributed by atoms with Crippen molar-refractivity contribution in [3.8, 4) is 0 Å². The van der Waals surface area contributed by atoms with Crippen LogP contribution in [0, 0.1) is 0 Å². The monoisotopic (exact) mass is 317 g/mol. The molecule has 3 unspecified atom stereocenters. The highest BCUT2D eigenvalue weighted by Gasteiger charge is 2.46. The molecular weight excluding hydrogens is 302 g/mol. The van der Waals surface area contributed by atoms with Crippen molar-refractivity contribution in [2.45, 2.75) is 30.6 Å². The number of aromatic nitrogens is 4. The van der Waals surface area contributed by atoms with Gasteiger partial charge >= 0.3 is 0 Å². The van der Waals surface area contributed by atoms with E-state index in [1.54, 1.807) is 4.57 Å². The zero-order valence-electron chi connectivity index (χ0n) is 10.9. The number of rotatable bonds is 2. The van der Waals surface area contributed by atoms with E-state index < -0.39 is 23.9 Å². The van der Waals surface area contributed by atoms with Gasteiger partial charge in [-0.25, -0.2) is 4.98 Å². The van der Waals surface area contributed by atoms with Gasteiger partial charge in [-0.15, -0.1) is 12.4 Å². The number of aliphatic hydroxyl groups excluding tert-OH is 2. The van der Waals surface area contributed by atoms with Crippen molar-refractivity contribution >= 4 is 29.5 Å². The summed E-state index contributed by atoms with van der Waals surface area (Å²) in [4.78, 5) is 22.0. The summed E-state index contributed by atoms with van der Waals surface area (Å²) < 4.78 is 1.60. The number of halogens is 1. The van der Waals surface area contributed by atoms with Gasteiger partial charge in [0.15, 0.2) is 11.2 Å². The molecule has 0 aliphatic heterocycles. The molecule has 1 aliphatic carbocycles. The maximum atomic E-state index is 11.7. The number of nitrogens with one attached hydrogen (secondary N) is 1. The van der Waals surface area contributed by atoms with Gasteiger partial charge in [0.1, 0.15) is 5.60 Å². The van der Waals surface area contributed by atoms with Gasteiger partial charge in [0.25, 0.3) is 5.56 Å². The highest BCUT2D eigenvalue weighted by atomic mass is 35.5. The van der Waals surface area contributed by atoms with Crippen molar-refractivity contribution in [3.63, 3.8) is 0 Å². The molecule has 0 spiro atoms. The first-order valence-electron chi connectivity index (χ1n) is 6.18. The quantitative estimate of drug-likeness (QED) is 0.454. The second kappa shape index (κ2) is 5.26.